The second-order valence-corrected chi connectivity index (χ2v) is 12.5. The predicted molar refractivity (Wildman–Crippen MR) is 193 cm³/mol. The van der Waals surface area contributed by atoms with Gasteiger partial charge >= 0.3 is 11.9 Å². The number of hydrogen-bond donors (Lipinski definition) is 2. The third-order valence-electron chi connectivity index (χ3n) is 7.96. The van der Waals surface area contributed by atoms with Gasteiger partial charge in [-0.2, -0.15) is 0 Å². The molecule has 6 nitrogen and oxygen atoms in total. The van der Waals surface area contributed by atoms with Gasteiger partial charge in [0.2, 0.25) is 0 Å². The lowest BCUT2D eigenvalue weighted by atomic mass is 10.0. The number of ether oxygens (including phenoxy) is 2. The van der Waals surface area contributed by atoms with Crippen LogP contribution in [0.25, 0.3) is 0 Å². The number of rotatable bonds is 33. The molecule has 0 aromatic carbocycles. The fourth-order valence-electron chi connectivity index (χ4n) is 5.04. The van der Waals surface area contributed by atoms with Crippen LogP contribution < -0.4 is 0 Å². The predicted octanol–water partition coefficient (Wildman–Crippen LogP) is 10.4. The van der Waals surface area contributed by atoms with Gasteiger partial charge in [-0.3, -0.25) is 9.59 Å². The molecule has 0 bridgehead atoms. The standard InChI is InChI=1S/C40H70O6/c1-3-5-7-9-11-12-13-14-15-16-17-22-26-30-34-40(44)46-38(35-41)36-45-39(43)33-29-25-21-19-18-20-24-28-32-37(42)31-27-23-10-8-6-4-2/h19-21,23-24,27-28,32,37-38,41-42H,3-18,22,25-26,29-31,33-36H2,1-2H3/b21-19-,24-20-,27-23-,32-28+/t37-,38+/m1/s1. The summed E-state index contributed by atoms with van der Waals surface area (Å²) >= 11 is 0. The van der Waals surface area contributed by atoms with Crippen LogP contribution in [0.3, 0.4) is 0 Å². The molecule has 0 heterocycles. The normalized spacial score (nSPS) is 13.4. The number of aliphatic hydroxyl groups is 2. The Hall–Kier alpha value is -2.18. The number of esters is 2. The molecule has 0 aliphatic carbocycles. The Balaban J connectivity index is 3.74. The van der Waals surface area contributed by atoms with Gasteiger partial charge in [0.15, 0.2) is 6.10 Å². The highest BCUT2D eigenvalue weighted by Gasteiger charge is 2.16. The van der Waals surface area contributed by atoms with Crippen LogP contribution in [0.2, 0.25) is 0 Å². The van der Waals surface area contributed by atoms with Crippen LogP contribution in [-0.4, -0.2) is 47.6 Å². The van der Waals surface area contributed by atoms with Crippen molar-refractivity contribution < 1.29 is 29.3 Å². The molecular formula is C40H70O6. The average Bonchev–Trinajstić information content (AvgIpc) is 3.05. The van der Waals surface area contributed by atoms with Crippen molar-refractivity contribution in [2.75, 3.05) is 13.2 Å². The van der Waals surface area contributed by atoms with E-state index in [0.29, 0.717) is 19.3 Å². The second-order valence-electron chi connectivity index (χ2n) is 12.5. The first-order valence-electron chi connectivity index (χ1n) is 18.8. The van der Waals surface area contributed by atoms with E-state index in [4.69, 9.17) is 9.47 Å². The molecule has 0 fully saturated rings. The van der Waals surface area contributed by atoms with Crippen molar-refractivity contribution in [2.24, 2.45) is 0 Å². The summed E-state index contributed by atoms with van der Waals surface area (Å²) < 4.78 is 10.5. The van der Waals surface area contributed by atoms with E-state index < -0.39 is 12.2 Å². The Bertz CT molecular complexity index is 800. The van der Waals surface area contributed by atoms with Gasteiger partial charge in [0, 0.05) is 12.8 Å². The van der Waals surface area contributed by atoms with Crippen LogP contribution in [0, 0.1) is 0 Å². The van der Waals surface area contributed by atoms with E-state index in [0.717, 1.165) is 38.5 Å². The molecule has 46 heavy (non-hydrogen) atoms. The summed E-state index contributed by atoms with van der Waals surface area (Å²) in [5.74, 6) is -0.695. The summed E-state index contributed by atoms with van der Waals surface area (Å²) in [4.78, 5) is 24.2. The van der Waals surface area contributed by atoms with Gasteiger partial charge in [0.05, 0.1) is 12.7 Å². The molecule has 0 saturated carbocycles. The van der Waals surface area contributed by atoms with Crippen molar-refractivity contribution in [3.63, 3.8) is 0 Å². The maximum atomic E-state index is 12.1. The molecule has 2 N–H and O–H groups in total. The number of allylic oxidation sites excluding steroid dienone is 6. The maximum Gasteiger partial charge on any atom is 0.306 e. The minimum Gasteiger partial charge on any atom is -0.462 e. The molecule has 0 aliphatic rings. The van der Waals surface area contributed by atoms with Crippen molar-refractivity contribution >= 4 is 11.9 Å². The second kappa shape index (κ2) is 35.7. The van der Waals surface area contributed by atoms with E-state index in [-0.39, 0.29) is 31.6 Å². The number of unbranched alkanes of at least 4 members (excludes halogenated alkanes) is 17. The lowest BCUT2D eigenvalue weighted by Gasteiger charge is -2.15. The van der Waals surface area contributed by atoms with E-state index >= 15 is 0 Å². The molecule has 0 saturated heterocycles. The summed E-state index contributed by atoms with van der Waals surface area (Å²) in [7, 11) is 0. The molecule has 6 heteroatoms. The summed E-state index contributed by atoms with van der Waals surface area (Å²) in [6.45, 7) is 3.98. The minimum absolute atomic E-state index is 0.113. The summed E-state index contributed by atoms with van der Waals surface area (Å²) in [5, 5.41) is 19.5. The zero-order valence-electron chi connectivity index (χ0n) is 29.7. The molecule has 0 unspecified atom stereocenters. The molecule has 2 atom stereocenters. The van der Waals surface area contributed by atoms with E-state index in [9.17, 15) is 19.8 Å². The highest BCUT2D eigenvalue weighted by molar-refractivity contribution is 5.70. The maximum absolute atomic E-state index is 12.1. The van der Waals surface area contributed by atoms with E-state index in [1.807, 2.05) is 30.4 Å². The van der Waals surface area contributed by atoms with Crippen LogP contribution in [0.15, 0.2) is 48.6 Å². The molecule has 0 aromatic heterocycles. The summed E-state index contributed by atoms with van der Waals surface area (Å²) in [6, 6.07) is 0. The molecule has 0 amide bonds. The van der Waals surface area contributed by atoms with Crippen molar-refractivity contribution in [3.8, 4) is 0 Å². The van der Waals surface area contributed by atoms with Crippen molar-refractivity contribution in [3.05, 3.63) is 48.6 Å². The number of carbonyl (C=O) groups excluding carboxylic acids is 2. The van der Waals surface area contributed by atoms with Gasteiger partial charge in [0.25, 0.3) is 0 Å². The Morgan fingerprint density at radius 1 is 0.609 bits per heavy atom. The van der Waals surface area contributed by atoms with Crippen LogP contribution in [-0.2, 0) is 19.1 Å². The van der Waals surface area contributed by atoms with Gasteiger partial charge in [0.1, 0.15) is 6.61 Å². The van der Waals surface area contributed by atoms with Gasteiger partial charge in [-0.05, 0) is 44.9 Å². The average molecular weight is 647 g/mol. The highest BCUT2D eigenvalue weighted by atomic mass is 16.6. The lowest BCUT2D eigenvalue weighted by molar-refractivity contribution is -0.161. The van der Waals surface area contributed by atoms with Crippen LogP contribution >= 0.6 is 0 Å². The van der Waals surface area contributed by atoms with E-state index in [1.165, 1.54) is 89.9 Å². The molecule has 0 radical (unpaired) electrons. The SMILES string of the molecule is CCCCC/C=C\C[C@@H](O)/C=C/C=C\C/C=C\CCCC(=O)OC[C@H](CO)OC(=O)CCCCCCCCCCCCCCCC. The Labute approximate surface area is 282 Å². The van der Waals surface area contributed by atoms with Crippen LogP contribution in [0.5, 0.6) is 0 Å². The number of aliphatic hydroxyl groups excluding tert-OH is 2. The van der Waals surface area contributed by atoms with Crippen molar-refractivity contribution in [1.29, 1.82) is 0 Å². The minimum atomic E-state index is -0.808. The van der Waals surface area contributed by atoms with E-state index in [2.05, 4.69) is 26.0 Å². The van der Waals surface area contributed by atoms with E-state index in [1.54, 1.807) is 6.08 Å². The number of hydrogen-bond acceptors (Lipinski definition) is 6. The smallest absolute Gasteiger partial charge is 0.306 e. The largest absolute Gasteiger partial charge is 0.462 e. The Morgan fingerprint density at radius 3 is 1.78 bits per heavy atom. The third kappa shape index (κ3) is 33.2. The monoisotopic (exact) mass is 647 g/mol. The molecular weight excluding hydrogens is 576 g/mol. The van der Waals surface area contributed by atoms with Gasteiger partial charge < -0.3 is 19.7 Å². The fraction of sp³-hybridized carbons (Fsp3) is 0.750. The molecule has 266 valence electrons. The molecule has 0 aliphatic heterocycles. The lowest BCUT2D eigenvalue weighted by Crippen LogP contribution is -2.28. The summed E-state index contributed by atoms with van der Waals surface area (Å²) in [5.41, 5.74) is 0. The van der Waals surface area contributed by atoms with Crippen LogP contribution in [0.4, 0.5) is 0 Å². The zero-order chi connectivity index (χ0) is 33.8. The molecule has 0 spiro atoms. The zero-order valence-corrected chi connectivity index (χ0v) is 29.7. The first-order valence-corrected chi connectivity index (χ1v) is 18.8. The van der Waals surface area contributed by atoms with Gasteiger partial charge in [-0.15, -0.1) is 0 Å². The highest BCUT2D eigenvalue weighted by Crippen LogP contribution is 2.14. The van der Waals surface area contributed by atoms with Gasteiger partial charge in [-0.25, -0.2) is 0 Å². The van der Waals surface area contributed by atoms with Crippen LogP contribution in [0.1, 0.15) is 168 Å². The Morgan fingerprint density at radius 2 is 1.15 bits per heavy atom. The molecule has 0 rings (SSSR count). The third-order valence-corrected chi connectivity index (χ3v) is 7.96. The topological polar surface area (TPSA) is 93.1 Å². The summed E-state index contributed by atoms with van der Waals surface area (Å²) in [6.07, 6.45) is 40.5. The van der Waals surface area contributed by atoms with Crippen molar-refractivity contribution in [1.82, 2.24) is 0 Å². The first kappa shape index (κ1) is 43.8. The Kier molecular flexibility index (Phi) is 34.0. The first-order chi connectivity index (χ1) is 22.5. The quantitative estimate of drug-likeness (QED) is 0.0319. The number of carbonyl (C=O) groups is 2. The van der Waals surface area contributed by atoms with Gasteiger partial charge in [-0.1, -0.05) is 159 Å². The fourth-order valence-corrected chi connectivity index (χ4v) is 5.04. The molecule has 0 aromatic rings. The van der Waals surface area contributed by atoms with Crippen molar-refractivity contribution in [2.45, 2.75) is 180 Å².